The monoisotopic (exact) mass is 205 g/mol. The van der Waals surface area contributed by atoms with Crippen LogP contribution in [0.2, 0.25) is 0 Å². The molecule has 1 aromatic rings. The van der Waals surface area contributed by atoms with Gasteiger partial charge in [-0.05, 0) is 12.8 Å². The second kappa shape index (κ2) is 4.48. The third kappa shape index (κ3) is 2.75. The summed E-state index contributed by atoms with van der Waals surface area (Å²) >= 11 is 0. The molecule has 0 saturated carbocycles. The lowest BCUT2D eigenvalue weighted by Crippen LogP contribution is -2.07. The average molecular weight is 205 g/mol. The van der Waals surface area contributed by atoms with Crippen LogP contribution in [0.15, 0.2) is 0 Å². The van der Waals surface area contributed by atoms with Crippen molar-refractivity contribution in [2.24, 2.45) is 0 Å². The summed E-state index contributed by atoms with van der Waals surface area (Å²) in [6.07, 6.45) is 0.649. The van der Waals surface area contributed by atoms with E-state index in [1.807, 2.05) is 13.1 Å². The van der Waals surface area contributed by atoms with Crippen molar-refractivity contribution in [3.8, 4) is 0 Å². The molecule has 0 saturated heterocycles. The highest BCUT2D eigenvalue weighted by atomic mass is 19.4. The number of nitrogens with zero attached hydrogens (tertiary/aromatic N) is 1. The summed E-state index contributed by atoms with van der Waals surface area (Å²) in [5.41, 5.74) is -0.612. The van der Waals surface area contributed by atoms with Crippen molar-refractivity contribution < 1.29 is 13.2 Å². The van der Waals surface area contributed by atoms with Gasteiger partial charge in [-0.3, -0.25) is 5.10 Å². The lowest BCUT2D eigenvalue weighted by atomic mass is 10.1. The highest BCUT2D eigenvalue weighted by Crippen LogP contribution is 2.31. The van der Waals surface area contributed by atoms with E-state index in [4.69, 9.17) is 0 Å². The smallest absolute Gasteiger partial charge is 0.281 e. The number of alkyl halides is 3. The molecule has 0 fully saturated rings. The molecule has 0 aliphatic carbocycles. The fourth-order valence-electron chi connectivity index (χ4n) is 1.24. The standard InChI is InChI=1S/C9H12F3N2/c1-2-3-4-5-8-7(6-13-14-8)9(10,11)12/h2-5H2,1H3,(H,13,14). The molecule has 1 aromatic heterocycles. The maximum atomic E-state index is 12.3. The molecule has 14 heavy (non-hydrogen) atoms. The topological polar surface area (TPSA) is 28.7 Å². The normalized spacial score (nSPS) is 12.0. The second-order valence-corrected chi connectivity index (χ2v) is 3.14. The number of aromatic nitrogens is 2. The minimum absolute atomic E-state index is 0.144. The zero-order valence-corrected chi connectivity index (χ0v) is 7.91. The van der Waals surface area contributed by atoms with Gasteiger partial charge in [0.25, 0.3) is 0 Å². The van der Waals surface area contributed by atoms with E-state index in [0.717, 1.165) is 19.3 Å². The molecule has 1 radical (unpaired) electrons. The molecular formula is C9H12F3N2. The van der Waals surface area contributed by atoms with Crippen LogP contribution in [0.5, 0.6) is 0 Å². The first-order chi connectivity index (χ1) is 6.55. The van der Waals surface area contributed by atoms with Crippen LogP contribution in [0.4, 0.5) is 13.2 Å². The lowest BCUT2D eigenvalue weighted by Gasteiger charge is -2.05. The van der Waals surface area contributed by atoms with E-state index in [1.54, 1.807) is 0 Å². The summed E-state index contributed by atoms with van der Waals surface area (Å²) in [7, 11) is 0. The van der Waals surface area contributed by atoms with Gasteiger partial charge in [-0.25, -0.2) is 0 Å². The first-order valence-corrected chi connectivity index (χ1v) is 4.57. The average Bonchev–Trinajstić information content (AvgIpc) is 2.52. The lowest BCUT2D eigenvalue weighted by molar-refractivity contribution is -0.138. The minimum atomic E-state index is -4.34. The molecule has 0 amide bonds. The number of halogens is 3. The van der Waals surface area contributed by atoms with E-state index >= 15 is 0 Å². The van der Waals surface area contributed by atoms with Gasteiger partial charge in [0, 0.05) is 5.69 Å². The number of hydrogen-bond acceptors (Lipinski definition) is 1. The maximum Gasteiger partial charge on any atom is 0.420 e. The van der Waals surface area contributed by atoms with Gasteiger partial charge >= 0.3 is 6.18 Å². The molecular weight excluding hydrogens is 193 g/mol. The molecule has 0 aliphatic rings. The van der Waals surface area contributed by atoms with E-state index in [0.29, 0.717) is 6.42 Å². The van der Waals surface area contributed by atoms with Crippen molar-refractivity contribution in [1.29, 1.82) is 0 Å². The van der Waals surface area contributed by atoms with Crippen LogP contribution in [0.25, 0.3) is 0 Å². The molecule has 0 atom stereocenters. The minimum Gasteiger partial charge on any atom is -0.281 e. The first kappa shape index (κ1) is 11.1. The second-order valence-electron chi connectivity index (χ2n) is 3.14. The number of aryl methyl sites for hydroxylation is 1. The Hall–Kier alpha value is -1.00. The maximum absolute atomic E-state index is 12.3. The summed E-state index contributed by atoms with van der Waals surface area (Å²) in [4.78, 5) is 0. The summed E-state index contributed by atoms with van der Waals surface area (Å²) < 4.78 is 36.9. The van der Waals surface area contributed by atoms with Crippen molar-refractivity contribution in [3.05, 3.63) is 17.5 Å². The molecule has 5 heteroatoms. The van der Waals surface area contributed by atoms with Crippen LogP contribution in [-0.4, -0.2) is 10.2 Å². The van der Waals surface area contributed by atoms with Gasteiger partial charge < -0.3 is 0 Å². The molecule has 0 aliphatic heterocycles. The zero-order chi connectivity index (χ0) is 10.6. The molecule has 0 unspecified atom stereocenters. The van der Waals surface area contributed by atoms with Crippen LogP contribution < -0.4 is 0 Å². The Morgan fingerprint density at radius 1 is 1.36 bits per heavy atom. The largest absolute Gasteiger partial charge is 0.420 e. The Labute approximate surface area is 80.5 Å². The third-order valence-corrected chi connectivity index (χ3v) is 1.97. The van der Waals surface area contributed by atoms with Crippen LogP contribution in [0.3, 0.4) is 0 Å². The number of H-pyrrole nitrogens is 1. The highest BCUT2D eigenvalue weighted by molar-refractivity contribution is 5.18. The summed E-state index contributed by atoms with van der Waals surface area (Å²) in [5.74, 6) is 0. The molecule has 79 valence electrons. The Morgan fingerprint density at radius 3 is 2.64 bits per heavy atom. The fourth-order valence-corrected chi connectivity index (χ4v) is 1.24. The van der Waals surface area contributed by atoms with Crippen molar-refractivity contribution in [2.45, 2.75) is 38.8 Å². The first-order valence-electron chi connectivity index (χ1n) is 4.57. The van der Waals surface area contributed by atoms with Gasteiger partial charge in [-0.2, -0.15) is 18.3 Å². The molecule has 1 heterocycles. The Morgan fingerprint density at radius 2 is 2.07 bits per heavy atom. The third-order valence-electron chi connectivity index (χ3n) is 1.97. The number of aromatic amines is 1. The molecule has 1 N–H and O–H groups in total. The van der Waals surface area contributed by atoms with Gasteiger partial charge in [0.15, 0.2) is 0 Å². The van der Waals surface area contributed by atoms with Crippen molar-refractivity contribution in [1.82, 2.24) is 10.2 Å². The van der Waals surface area contributed by atoms with Gasteiger partial charge in [0.05, 0.1) is 0 Å². The van der Waals surface area contributed by atoms with Crippen LogP contribution >= 0.6 is 0 Å². The number of unbranched alkanes of at least 4 members (excludes halogenated alkanes) is 2. The molecule has 0 spiro atoms. The zero-order valence-electron chi connectivity index (χ0n) is 7.91. The molecule has 1 rings (SSSR count). The van der Waals surface area contributed by atoms with E-state index in [9.17, 15) is 13.2 Å². The highest BCUT2D eigenvalue weighted by Gasteiger charge is 2.35. The van der Waals surface area contributed by atoms with Crippen LogP contribution in [-0.2, 0) is 12.6 Å². The Kier molecular flexibility index (Phi) is 3.55. The fraction of sp³-hybridized carbons (Fsp3) is 0.667. The van der Waals surface area contributed by atoms with Crippen molar-refractivity contribution >= 4 is 0 Å². The molecule has 0 aromatic carbocycles. The van der Waals surface area contributed by atoms with E-state index in [-0.39, 0.29) is 5.69 Å². The molecule has 2 nitrogen and oxygen atoms in total. The number of hydrogen-bond donors (Lipinski definition) is 1. The summed E-state index contributed by atoms with van der Waals surface area (Å²) in [5, 5.41) is 5.64. The van der Waals surface area contributed by atoms with E-state index < -0.39 is 11.7 Å². The van der Waals surface area contributed by atoms with Crippen LogP contribution in [0.1, 0.15) is 37.4 Å². The van der Waals surface area contributed by atoms with E-state index in [2.05, 4.69) is 10.2 Å². The van der Waals surface area contributed by atoms with Gasteiger partial charge in [0.1, 0.15) is 11.8 Å². The van der Waals surface area contributed by atoms with Gasteiger partial charge in [-0.1, -0.05) is 19.8 Å². The summed E-state index contributed by atoms with van der Waals surface area (Å²) in [6, 6.07) is 0. The van der Waals surface area contributed by atoms with Gasteiger partial charge in [-0.15, -0.1) is 0 Å². The van der Waals surface area contributed by atoms with Crippen LogP contribution in [0, 0.1) is 6.20 Å². The SMILES string of the molecule is CCCCCc1[nH]n[c]c1C(F)(F)F. The quantitative estimate of drug-likeness (QED) is 0.752. The number of rotatable bonds is 4. The predicted molar refractivity (Wildman–Crippen MR) is 45.7 cm³/mol. The summed E-state index contributed by atoms with van der Waals surface area (Å²) in [6.45, 7) is 2.00. The van der Waals surface area contributed by atoms with E-state index in [1.165, 1.54) is 0 Å². The van der Waals surface area contributed by atoms with Crippen molar-refractivity contribution in [2.75, 3.05) is 0 Å². The Bertz CT molecular complexity index is 278. The number of nitrogens with one attached hydrogen (secondary N) is 1. The predicted octanol–water partition coefficient (Wildman–Crippen LogP) is 2.96. The molecule has 0 bridgehead atoms. The van der Waals surface area contributed by atoms with Gasteiger partial charge in [0.2, 0.25) is 0 Å². The Balaban J connectivity index is 2.63. The van der Waals surface area contributed by atoms with Crippen molar-refractivity contribution in [3.63, 3.8) is 0 Å².